The smallest absolute Gasteiger partial charge is 0.407 e. The molecular weight excluding hydrogens is 632 g/mol. The van der Waals surface area contributed by atoms with Crippen molar-refractivity contribution in [2.45, 2.75) is 56.0 Å². The maximum Gasteiger partial charge on any atom is 0.407 e. The van der Waals surface area contributed by atoms with Gasteiger partial charge in [-0.15, -0.1) is 0 Å². The molecule has 1 aliphatic heterocycles. The number of amides is 2. The largest absolute Gasteiger partial charge is 0.490 e. The molecule has 0 saturated carbocycles. The minimum Gasteiger partial charge on any atom is -0.490 e. The fourth-order valence-electron chi connectivity index (χ4n) is 5.97. The highest BCUT2D eigenvalue weighted by Gasteiger charge is 2.34. The average Bonchev–Trinajstić information content (AvgIpc) is 3.09. The highest BCUT2D eigenvalue weighted by atomic mass is 32.2. The molecule has 11 nitrogen and oxygen atoms in total. The van der Waals surface area contributed by atoms with Crippen molar-refractivity contribution in [2.24, 2.45) is 5.92 Å². The first kappa shape index (κ1) is 36.7. The molecule has 0 bridgehead atoms. The molecule has 1 aliphatic rings. The van der Waals surface area contributed by atoms with Gasteiger partial charge in [0.15, 0.2) is 0 Å². The summed E-state index contributed by atoms with van der Waals surface area (Å²) in [5, 5.41) is 16.1. The van der Waals surface area contributed by atoms with E-state index >= 15 is 0 Å². The van der Waals surface area contributed by atoms with E-state index in [4.69, 9.17) is 9.47 Å². The number of aliphatic hydroxyl groups excluding tert-OH is 1. The van der Waals surface area contributed by atoms with Crippen molar-refractivity contribution in [3.05, 3.63) is 90.0 Å². The lowest BCUT2D eigenvalue weighted by atomic mass is 9.84. The molecular formula is C36H48N4O7S. The predicted octanol–water partition coefficient (Wildman–Crippen LogP) is 4.37. The number of aliphatic hydroxyl groups is 1. The molecule has 1 heterocycles. The van der Waals surface area contributed by atoms with Crippen molar-refractivity contribution in [3.8, 4) is 5.75 Å². The van der Waals surface area contributed by atoms with Crippen molar-refractivity contribution in [2.75, 3.05) is 51.9 Å². The van der Waals surface area contributed by atoms with Gasteiger partial charge < -0.3 is 30.1 Å². The van der Waals surface area contributed by atoms with Crippen LogP contribution in [-0.2, 0) is 19.6 Å². The lowest BCUT2D eigenvalue weighted by Gasteiger charge is -2.32. The quantitative estimate of drug-likeness (QED) is 0.190. The minimum atomic E-state index is -3.94. The number of likely N-dealkylation sites (N-methyl/N-ethyl adjacent to an activating group) is 1. The zero-order valence-electron chi connectivity index (χ0n) is 28.2. The van der Waals surface area contributed by atoms with Gasteiger partial charge in [-0.05, 0) is 48.1 Å². The summed E-state index contributed by atoms with van der Waals surface area (Å²) in [6.45, 7) is 5.27. The Morgan fingerprint density at radius 2 is 1.65 bits per heavy atom. The van der Waals surface area contributed by atoms with Crippen LogP contribution in [0.25, 0.3) is 0 Å². The van der Waals surface area contributed by atoms with Crippen LogP contribution in [0.2, 0.25) is 0 Å². The maximum absolute atomic E-state index is 14.0. The lowest BCUT2D eigenvalue weighted by Crippen LogP contribution is -2.50. The monoisotopic (exact) mass is 680 g/mol. The number of methoxy groups -OCH3 is 1. The van der Waals surface area contributed by atoms with Gasteiger partial charge in [0.05, 0.1) is 30.8 Å². The number of hydrogen-bond acceptors (Lipinski definition) is 8. The normalized spacial score (nSPS) is 14.3. The van der Waals surface area contributed by atoms with Gasteiger partial charge in [-0.2, -0.15) is 4.31 Å². The molecule has 2 atom stereocenters. The molecule has 4 rings (SSSR count). The first-order valence-corrected chi connectivity index (χ1v) is 17.8. The molecule has 0 saturated heterocycles. The molecule has 0 radical (unpaired) electrons. The van der Waals surface area contributed by atoms with E-state index in [1.807, 2.05) is 86.5 Å². The number of hydrogen-bond donors (Lipinski definition) is 3. The molecule has 3 aromatic rings. The first-order chi connectivity index (χ1) is 23.1. The van der Waals surface area contributed by atoms with Crippen LogP contribution < -0.4 is 20.3 Å². The number of benzene rings is 3. The number of rotatable bonds is 16. The summed E-state index contributed by atoms with van der Waals surface area (Å²) in [7, 11) is -0.787. The molecule has 0 aliphatic carbocycles. The summed E-state index contributed by atoms with van der Waals surface area (Å²) < 4.78 is 39.9. The molecule has 48 heavy (non-hydrogen) atoms. The topological polar surface area (TPSA) is 138 Å². The van der Waals surface area contributed by atoms with Crippen molar-refractivity contribution >= 4 is 27.7 Å². The fourth-order valence-corrected chi connectivity index (χ4v) is 7.80. The third-order valence-corrected chi connectivity index (χ3v) is 10.4. The summed E-state index contributed by atoms with van der Waals surface area (Å²) in [6.07, 6.45) is 0.756. The number of anilines is 1. The van der Waals surface area contributed by atoms with Crippen LogP contribution in [0, 0.1) is 5.92 Å². The summed E-state index contributed by atoms with van der Waals surface area (Å²) in [4.78, 5) is 28.2. The van der Waals surface area contributed by atoms with Crippen LogP contribution in [0.5, 0.6) is 5.75 Å². The Morgan fingerprint density at radius 1 is 1.00 bits per heavy atom. The van der Waals surface area contributed by atoms with Crippen LogP contribution in [0.4, 0.5) is 10.5 Å². The number of ether oxygens (including phenoxy) is 2. The SMILES string of the molecule is COC(=O)N[C@H](C(=O)NCCCC[C@H](CO)N(CC(C)C)S(=O)(=O)c1ccc2c(c1)N(C)CCO2)C(c1ccccc1)c1ccccc1. The second-order valence-corrected chi connectivity index (χ2v) is 14.3. The zero-order chi connectivity index (χ0) is 34.7. The maximum atomic E-state index is 14.0. The third-order valence-electron chi connectivity index (χ3n) is 8.45. The molecule has 3 aromatic carbocycles. The van der Waals surface area contributed by atoms with E-state index in [0.717, 1.165) is 11.1 Å². The van der Waals surface area contributed by atoms with E-state index in [0.29, 0.717) is 50.4 Å². The van der Waals surface area contributed by atoms with Gasteiger partial charge in [0.2, 0.25) is 15.9 Å². The number of carbonyl (C=O) groups is 2. The minimum absolute atomic E-state index is 0.0261. The van der Waals surface area contributed by atoms with Crippen LogP contribution in [0.15, 0.2) is 83.8 Å². The number of carbonyl (C=O) groups excluding carboxylic acids is 2. The van der Waals surface area contributed by atoms with Gasteiger partial charge in [0.25, 0.3) is 0 Å². The molecule has 0 unspecified atom stereocenters. The molecule has 12 heteroatoms. The van der Waals surface area contributed by atoms with Gasteiger partial charge in [0.1, 0.15) is 18.4 Å². The first-order valence-electron chi connectivity index (χ1n) is 16.4. The number of nitrogens with one attached hydrogen (secondary N) is 2. The molecule has 3 N–H and O–H groups in total. The van der Waals surface area contributed by atoms with Gasteiger partial charge in [0, 0.05) is 32.1 Å². The molecule has 0 fully saturated rings. The average molecular weight is 681 g/mol. The Hall–Kier alpha value is -4.13. The Balaban J connectivity index is 1.44. The number of unbranched alkanes of at least 4 members (excludes halogenated alkanes) is 1. The van der Waals surface area contributed by atoms with E-state index < -0.39 is 34.1 Å². The Bertz CT molecular complexity index is 1550. The zero-order valence-corrected chi connectivity index (χ0v) is 29.0. The summed E-state index contributed by atoms with van der Waals surface area (Å²) in [6, 6.07) is 22.3. The van der Waals surface area contributed by atoms with Gasteiger partial charge in [-0.3, -0.25) is 4.79 Å². The van der Waals surface area contributed by atoms with Crippen LogP contribution >= 0.6 is 0 Å². The summed E-state index contributed by atoms with van der Waals surface area (Å²) >= 11 is 0. The third kappa shape index (κ3) is 9.27. The highest BCUT2D eigenvalue weighted by molar-refractivity contribution is 7.89. The molecule has 2 amide bonds. The van der Waals surface area contributed by atoms with Crippen LogP contribution in [0.3, 0.4) is 0 Å². The van der Waals surface area contributed by atoms with Gasteiger partial charge in [-0.1, -0.05) is 80.9 Å². The number of alkyl carbamates (subject to hydrolysis) is 1. The van der Waals surface area contributed by atoms with Gasteiger partial charge in [-0.25, -0.2) is 13.2 Å². The van der Waals surface area contributed by atoms with Crippen LogP contribution in [0.1, 0.15) is 50.2 Å². The summed E-state index contributed by atoms with van der Waals surface area (Å²) in [5.74, 6) is -0.183. The van der Waals surface area contributed by atoms with E-state index in [1.54, 1.807) is 18.2 Å². The fraction of sp³-hybridized carbons (Fsp3) is 0.444. The van der Waals surface area contributed by atoms with Crippen molar-refractivity contribution in [3.63, 3.8) is 0 Å². The Labute approximate surface area is 284 Å². The van der Waals surface area contributed by atoms with E-state index in [-0.39, 0.29) is 29.9 Å². The van der Waals surface area contributed by atoms with Crippen molar-refractivity contribution < 1.29 is 32.6 Å². The van der Waals surface area contributed by atoms with E-state index in [9.17, 15) is 23.1 Å². The molecule has 0 spiro atoms. The number of sulfonamides is 1. The van der Waals surface area contributed by atoms with E-state index in [2.05, 4.69) is 10.6 Å². The molecule has 260 valence electrons. The lowest BCUT2D eigenvalue weighted by molar-refractivity contribution is -0.123. The highest BCUT2D eigenvalue weighted by Crippen LogP contribution is 2.34. The standard InChI is InChI=1S/C36H48N4O7S/c1-26(2)24-40(48(44,45)30-18-19-32-31(23-30)39(3)21-22-47-32)29(25-41)17-11-12-20-37-35(42)34(38-36(43)46-4)33(27-13-7-5-8-14-27)28-15-9-6-10-16-28/h5-10,13-16,18-19,23,26,29,33-34,41H,11-12,17,20-22,24-25H2,1-4H3,(H,37,42)(H,38,43)/t29-,34+/m1/s1. The Morgan fingerprint density at radius 3 is 2.23 bits per heavy atom. The number of fused-ring (bicyclic) bond motifs is 1. The molecule has 0 aromatic heterocycles. The van der Waals surface area contributed by atoms with Gasteiger partial charge >= 0.3 is 6.09 Å². The second-order valence-electron chi connectivity index (χ2n) is 12.4. The predicted molar refractivity (Wildman–Crippen MR) is 186 cm³/mol. The second kappa shape index (κ2) is 17.3. The van der Waals surface area contributed by atoms with Crippen molar-refractivity contribution in [1.29, 1.82) is 0 Å². The summed E-state index contributed by atoms with van der Waals surface area (Å²) in [5.41, 5.74) is 2.43. The van der Waals surface area contributed by atoms with E-state index in [1.165, 1.54) is 11.4 Å². The van der Waals surface area contributed by atoms with Crippen LogP contribution in [-0.4, -0.2) is 88.9 Å². The number of nitrogens with zero attached hydrogens (tertiary/aromatic N) is 2. The van der Waals surface area contributed by atoms with Crippen molar-refractivity contribution in [1.82, 2.24) is 14.9 Å². The Kier molecular flexibility index (Phi) is 13.2.